The van der Waals surface area contributed by atoms with E-state index in [0.717, 1.165) is 12.8 Å². The molecule has 0 saturated heterocycles. The molecule has 1 aromatic carbocycles. The summed E-state index contributed by atoms with van der Waals surface area (Å²) in [5.41, 5.74) is 0.712. The monoisotopic (exact) mass is 294 g/mol. The fraction of sp³-hybridized carbons (Fsp3) is 0.385. The van der Waals surface area contributed by atoms with Crippen LogP contribution < -0.4 is 4.72 Å². The molecule has 0 spiro atoms. The van der Waals surface area contributed by atoms with Gasteiger partial charge in [0.2, 0.25) is 10.0 Å². The predicted molar refractivity (Wildman–Crippen MR) is 70.2 cm³/mol. The number of hydrogen-bond donors (Lipinski definition) is 2. The van der Waals surface area contributed by atoms with Crippen LogP contribution in [-0.4, -0.2) is 25.5 Å². The van der Waals surface area contributed by atoms with Crippen molar-refractivity contribution in [2.45, 2.75) is 30.2 Å². The number of sulfonamides is 1. The van der Waals surface area contributed by atoms with Crippen molar-refractivity contribution >= 4 is 16.0 Å². The SMILES string of the molecule is N#CCc1ccc(S(=O)(=O)NC(C(=O)O)C2CC2)cc1. The van der Waals surface area contributed by atoms with Crippen molar-refractivity contribution in [3.63, 3.8) is 0 Å². The number of carbonyl (C=O) groups is 1. The van der Waals surface area contributed by atoms with Crippen molar-refractivity contribution in [2.24, 2.45) is 5.92 Å². The standard InChI is InChI=1S/C13H14N2O4S/c14-8-7-9-1-5-11(6-2-9)20(18,19)15-12(13(16)17)10-3-4-10/h1-2,5-6,10,12,15H,3-4,7H2,(H,16,17). The molecule has 1 aliphatic rings. The summed E-state index contributed by atoms with van der Waals surface area (Å²) in [6, 6.07) is 6.74. The van der Waals surface area contributed by atoms with Crippen LogP contribution >= 0.6 is 0 Å². The lowest BCUT2D eigenvalue weighted by atomic mass is 10.2. The van der Waals surface area contributed by atoms with E-state index in [-0.39, 0.29) is 17.2 Å². The number of nitrogens with zero attached hydrogens (tertiary/aromatic N) is 1. The molecular weight excluding hydrogens is 280 g/mol. The molecule has 0 aliphatic heterocycles. The molecule has 0 radical (unpaired) electrons. The zero-order valence-electron chi connectivity index (χ0n) is 10.6. The van der Waals surface area contributed by atoms with Crippen molar-refractivity contribution in [3.8, 4) is 6.07 Å². The molecule has 0 aromatic heterocycles. The minimum atomic E-state index is -3.85. The summed E-state index contributed by atoms with van der Waals surface area (Å²) in [5, 5.41) is 17.6. The van der Waals surface area contributed by atoms with Gasteiger partial charge in [-0.25, -0.2) is 8.42 Å². The Labute approximate surface area is 117 Å². The molecule has 106 valence electrons. The molecule has 1 aliphatic carbocycles. The maximum Gasteiger partial charge on any atom is 0.322 e. The topological polar surface area (TPSA) is 107 Å². The second kappa shape index (κ2) is 5.61. The maximum atomic E-state index is 12.1. The van der Waals surface area contributed by atoms with E-state index >= 15 is 0 Å². The summed E-state index contributed by atoms with van der Waals surface area (Å²) in [6.45, 7) is 0. The van der Waals surface area contributed by atoms with Crippen LogP contribution in [0.2, 0.25) is 0 Å². The van der Waals surface area contributed by atoms with Crippen LogP contribution in [0, 0.1) is 17.2 Å². The highest BCUT2D eigenvalue weighted by Gasteiger charge is 2.39. The number of carboxylic acid groups (broad SMARTS) is 1. The number of hydrogen-bond acceptors (Lipinski definition) is 4. The largest absolute Gasteiger partial charge is 0.480 e. The van der Waals surface area contributed by atoms with Crippen LogP contribution in [0.25, 0.3) is 0 Å². The third-order valence-electron chi connectivity index (χ3n) is 3.16. The van der Waals surface area contributed by atoms with Gasteiger partial charge >= 0.3 is 5.97 Å². The Morgan fingerprint density at radius 3 is 2.45 bits per heavy atom. The lowest BCUT2D eigenvalue weighted by Gasteiger charge is -2.14. The molecule has 1 fully saturated rings. The third kappa shape index (κ3) is 3.35. The molecular formula is C13H14N2O4S. The summed E-state index contributed by atoms with van der Waals surface area (Å²) in [5.74, 6) is -1.28. The van der Waals surface area contributed by atoms with Crippen LogP contribution in [0.5, 0.6) is 0 Å². The molecule has 0 bridgehead atoms. The molecule has 1 saturated carbocycles. The van der Waals surface area contributed by atoms with Gasteiger partial charge in [0.15, 0.2) is 0 Å². The smallest absolute Gasteiger partial charge is 0.322 e. The Kier molecular flexibility index (Phi) is 4.06. The van der Waals surface area contributed by atoms with Crippen LogP contribution in [0.4, 0.5) is 0 Å². The number of aliphatic carboxylic acids is 1. The second-order valence-electron chi connectivity index (χ2n) is 4.75. The van der Waals surface area contributed by atoms with E-state index in [0.29, 0.717) is 5.56 Å². The van der Waals surface area contributed by atoms with E-state index < -0.39 is 22.0 Å². The van der Waals surface area contributed by atoms with Gasteiger partial charge in [0.1, 0.15) is 6.04 Å². The summed E-state index contributed by atoms with van der Waals surface area (Å²) >= 11 is 0. The Bertz CT molecular complexity index is 642. The van der Waals surface area contributed by atoms with Gasteiger partial charge in [0, 0.05) is 0 Å². The molecule has 20 heavy (non-hydrogen) atoms. The van der Waals surface area contributed by atoms with Crippen molar-refractivity contribution < 1.29 is 18.3 Å². The zero-order valence-corrected chi connectivity index (χ0v) is 11.4. The Balaban J connectivity index is 2.17. The first kappa shape index (κ1) is 14.5. The Morgan fingerprint density at radius 2 is 2.00 bits per heavy atom. The van der Waals surface area contributed by atoms with Gasteiger partial charge in [-0.2, -0.15) is 9.98 Å². The molecule has 2 rings (SSSR count). The molecule has 1 aromatic rings. The van der Waals surface area contributed by atoms with E-state index in [9.17, 15) is 13.2 Å². The Morgan fingerprint density at radius 1 is 1.40 bits per heavy atom. The first-order chi connectivity index (χ1) is 9.44. The molecule has 6 nitrogen and oxygen atoms in total. The van der Waals surface area contributed by atoms with E-state index in [4.69, 9.17) is 10.4 Å². The lowest BCUT2D eigenvalue weighted by molar-refractivity contribution is -0.139. The number of rotatable bonds is 6. The van der Waals surface area contributed by atoms with Gasteiger partial charge in [-0.3, -0.25) is 4.79 Å². The zero-order chi connectivity index (χ0) is 14.8. The number of carboxylic acids is 1. The highest BCUT2D eigenvalue weighted by molar-refractivity contribution is 7.89. The molecule has 7 heteroatoms. The molecule has 0 amide bonds. The van der Waals surface area contributed by atoms with Crippen LogP contribution in [0.1, 0.15) is 18.4 Å². The van der Waals surface area contributed by atoms with Crippen molar-refractivity contribution in [1.29, 1.82) is 5.26 Å². The van der Waals surface area contributed by atoms with Crippen LogP contribution in [0.15, 0.2) is 29.2 Å². The van der Waals surface area contributed by atoms with Gasteiger partial charge < -0.3 is 5.11 Å². The number of nitriles is 1. The lowest BCUT2D eigenvalue weighted by Crippen LogP contribution is -2.42. The predicted octanol–water partition coefficient (Wildman–Crippen LogP) is 0.894. The van der Waals surface area contributed by atoms with Crippen LogP contribution in [-0.2, 0) is 21.2 Å². The first-order valence-electron chi connectivity index (χ1n) is 6.15. The number of benzene rings is 1. The normalized spacial score (nSPS) is 16.4. The van der Waals surface area contributed by atoms with Gasteiger partial charge in [0.25, 0.3) is 0 Å². The number of nitrogens with one attached hydrogen (secondary N) is 1. The van der Waals surface area contributed by atoms with Gasteiger partial charge in [-0.05, 0) is 36.5 Å². The first-order valence-corrected chi connectivity index (χ1v) is 7.63. The fourth-order valence-corrected chi connectivity index (χ4v) is 3.15. The van der Waals surface area contributed by atoms with Crippen molar-refractivity contribution in [3.05, 3.63) is 29.8 Å². The fourth-order valence-electron chi connectivity index (χ4n) is 1.89. The van der Waals surface area contributed by atoms with Crippen molar-refractivity contribution in [1.82, 2.24) is 4.72 Å². The highest BCUT2D eigenvalue weighted by Crippen LogP contribution is 2.33. The highest BCUT2D eigenvalue weighted by atomic mass is 32.2. The maximum absolute atomic E-state index is 12.1. The van der Waals surface area contributed by atoms with E-state index in [1.165, 1.54) is 12.1 Å². The summed E-state index contributed by atoms with van der Waals surface area (Å²) < 4.78 is 26.4. The summed E-state index contributed by atoms with van der Waals surface area (Å²) in [6.07, 6.45) is 1.65. The Hall–Kier alpha value is -1.91. The van der Waals surface area contributed by atoms with Crippen LogP contribution in [0.3, 0.4) is 0 Å². The quantitative estimate of drug-likeness (QED) is 0.810. The van der Waals surface area contributed by atoms with Crippen molar-refractivity contribution in [2.75, 3.05) is 0 Å². The van der Waals surface area contributed by atoms with E-state index in [1.54, 1.807) is 12.1 Å². The summed E-state index contributed by atoms with van der Waals surface area (Å²) in [4.78, 5) is 11.1. The van der Waals surface area contributed by atoms with E-state index in [1.807, 2.05) is 6.07 Å². The van der Waals surface area contributed by atoms with Gasteiger partial charge in [-0.1, -0.05) is 12.1 Å². The minimum absolute atomic E-state index is 0.00564. The second-order valence-corrected chi connectivity index (χ2v) is 6.47. The molecule has 1 unspecified atom stereocenters. The summed E-state index contributed by atoms with van der Waals surface area (Å²) in [7, 11) is -3.85. The minimum Gasteiger partial charge on any atom is -0.480 e. The third-order valence-corrected chi connectivity index (χ3v) is 4.62. The van der Waals surface area contributed by atoms with Gasteiger partial charge in [0.05, 0.1) is 17.4 Å². The average Bonchev–Trinajstić information content (AvgIpc) is 3.21. The molecule has 2 N–H and O–H groups in total. The van der Waals surface area contributed by atoms with E-state index in [2.05, 4.69) is 4.72 Å². The molecule has 1 atom stereocenters. The average molecular weight is 294 g/mol. The van der Waals surface area contributed by atoms with Gasteiger partial charge in [-0.15, -0.1) is 0 Å². The molecule has 0 heterocycles.